The van der Waals surface area contributed by atoms with E-state index in [1.807, 2.05) is 29.7 Å². The summed E-state index contributed by atoms with van der Waals surface area (Å²) < 4.78 is 23.3. The van der Waals surface area contributed by atoms with E-state index in [1.165, 1.54) is 18.0 Å². The number of hydrogen-bond acceptors (Lipinski definition) is 7. The average Bonchev–Trinajstić information content (AvgIpc) is 2.76. The van der Waals surface area contributed by atoms with Crippen molar-refractivity contribution in [2.24, 2.45) is 5.41 Å². The maximum atomic E-state index is 13.1. The van der Waals surface area contributed by atoms with Gasteiger partial charge in [-0.3, -0.25) is 4.90 Å². The molecule has 0 bridgehead atoms. The number of benzene rings is 1. The van der Waals surface area contributed by atoms with E-state index in [2.05, 4.69) is 44.5 Å². The lowest BCUT2D eigenvalue weighted by Gasteiger charge is -2.59. The van der Waals surface area contributed by atoms with Crippen molar-refractivity contribution in [3.8, 4) is 0 Å². The minimum Gasteiger partial charge on any atom is -0.337 e. The van der Waals surface area contributed by atoms with Crippen molar-refractivity contribution >= 4 is 21.8 Å². The zero-order valence-electron chi connectivity index (χ0n) is 20.6. The van der Waals surface area contributed by atoms with Gasteiger partial charge in [-0.25, -0.2) is 23.2 Å². The number of carbonyl (C=O) groups is 1. The Morgan fingerprint density at radius 3 is 2.23 bits per heavy atom. The monoisotopic (exact) mass is 498 g/mol. The molecule has 3 heterocycles. The van der Waals surface area contributed by atoms with Crippen LogP contribution in [0.2, 0.25) is 0 Å². The number of amides is 2. The van der Waals surface area contributed by atoms with E-state index >= 15 is 0 Å². The fourth-order valence-electron chi connectivity index (χ4n) is 6.00. The molecular formula is C25H34N6O3S. The van der Waals surface area contributed by atoms with E-state index in [-0.39, 0.29) is 29.1 Å². The van der Waals surface area contributed by atoms with Crippen molar-refractivity contribution in [2.45, 2.75) is 56.3 Å². The van der Waals surface area contributed by atoms with E-state index < -0.39 is 9.84 Å². The van der Waals surface area contributed by atoms with Crippen LogP contribution in [-0.2, 0) is 16.4 Å². The number of sulfone groups is 1. The molecule has 9 nitrogen and oxygen atoms in total. The highest BCUT2D eigenvalue weighted by atomic mass is 32.2. The van der Waals surface area contributed by atoms with Gasteiger partial charge >= 0.3 is 6.03 Å². The number of nitrogens with one attached hydrogen (secondary N) is 1. The van der Waals surface area contributed by atoms with Gasteiger partial charge in [-0.05, 0) is 37.7 Å². The highest BCUT2D eigenvalue weighted by Crippen LogP contribution is 2.48. The van der Waals surface area contributed by atoms with Crippen molar-refractivity contribution < 1.29 is 13.2 Å². The van der Waals surface area contributed by atoms with Crippen LogP contribution in [0, 0.1) is 5.41 Å². The number of anilines is 1. The normalized spacial score (nSPS) is 24.7. The lowest BCUT2D eigenvalue weighted by atomic mass is 9.60. The molecule has 2 amide bonds. The van der Waals surface area contributed by atoms with Gasteiger partial charge < -0.3 is 15.1 Å². The summed E-state index contributed by atoms with van der Waals surface area (Å²) in [6, 6.07) is 10.8. The quantitative estimate of drug-likeness (QED) is 0.674. The molecular weight excluding hydrogens is 464 g/mol. The number of likely N-dealkylation sites (tertiary alicyclic amines) is 1. The summed E-state index contributed by atoms with van der Waals surface area (Å²) >= 11 is 0. The van der Waals surface area contributed by atoms with Crippen LogP contribution in [-0.4, -0.2) is 84.8 Å². The van der Waals surface area contributed by atoms with Crippen molar-refractivity contribution in [3.05, 3.63) is 48.3 Å². The third kappa shape index (κ3) is 4.99. The van der Waals surface area contributed by atoms with Crippen LogP contribution < -0.4 is 10.2 Å². The fraction of sp³-hybridized carbons (Fsp3) is 0.560. The fourth-order valence-corrected chi connectivity index (χ4v) is 6.49. The van der Waals surface area contributed by atoms with E-state index in [0.717, 1.165) is 38.7 Å². The molecule has 0 unspecified atom stereocenters. The summed E-state index contributed by atoms with van der Waals surface area (Å²) in [5, 5.41) is 3.27. The molecule has 3 aliphatic rings. The Balaban J connectivity index is 1.10. The molecule has 188 valence electrons. The number of urea groups is 1. The van der Waals surface area contributed by atoms with Crippen LogP contribution in [0.4, 0.5) is 10.7 Å². The zero-order valence-corrected chi connectivity index (χ0v) is 21.4. The lowest BCUT2D eigenvalue weighted by Crippen LogP contribution is -2.68. The number of carbonyl (C=O) groups excluding carboxylic acids is 1. The predicted octanol–water partition coefficient (Wildman–Crippen LogP) is 2.15. The first-order chi connectivity index (χ1) is 16.6. The van der Waals surface area contributed by atoms with E-state index in [4.69, 9.17) is 0 Å². The standard InChI is InChI=1S/C25H34N6O3S/c1-18-13-30(23-26-11-22(12-27-23)35(3,33)34)14-19(2)31(18)24(32)28-21-9-25(10-21)16-29(17-25)15-20-7-5-4-6-8-20/h4-8,11-12,18-19,21H,9-10,13-17H2,1-3H3,(H,28,32)/t18-,19+. The van der Waals surface area contributed by atoms with E-state index in [0.29, 0.717) is 24.5 Å². The Kier molecular flexibility index (Phi) is 6.21. The minimum absolute atomic E-state index is 0.00157. The Hall–Kier alpha value is -2.72. The van der Waals surface area contributed by atoms with Crippen molar-refractivity contribution in [2.75, 3.05) is 37.3 Å². The number of nitrogens with zero attached hydrogens (tertiary/aromatic N) is 5. The molecule has 1 saturated carbocycles. The molecule has 0 radical (unpaired) electrons. The minimum atomic E-state index is -3.33. The predicted molar refractivity (Wildman–Crippen MR) is 134 cm³/mol. The van der Waals surface area contributed by atoms with Crippen LogP contribution in [0.25, 0.3) is 0 Å². The smallest absolute Gasteiger partial charge is 0.318 e. The summed E-state index contributed by atoms with van der Waals surface area (Å²) in [5.74, 6) is 0.488. The molecule has 10 heteroatoms. The molecule has 1 aromatic heterocycles. The van der Waals surface area contributed by atoms with Gasteiger partial charge in [-0.15, -0.1) is 0 Å². The van der Waals surface area contributed by atoms with Crippen molar-refractivity contribution in [1.29, 1.82) is 0 Å². The van der Waals surface area contributed by atoms with Gasteiger partial charge in [0.25, 0.3) is 0 Å². The maximum Gasteiger partial charge on any atom is 0.318 e. The van der Waals surface area contributed by atoms with Gasteiger partial charge in [-0.1, -0.05) is 30.3 Å². The summed E-state index contributed by atoms with van der Waals surface area (Å²) in [5.41, 5.74) is 1.73. The molecule has 2 atom stereocenters. The number of piperazine rings is 1. The first-order valence-corrected chi connectivity index (χ1v) is 14.1. The van der Waals surface area contributed by atoms with Gasteiger partial charge in [0.05, 0.1) is 12.4 Å². The van der Waals surface area contributed by atoms with Gasteiger partial charge in [0.1, 0.15) is 4.90 Å². The molecule has 1 spiro atoms. The third-order valence-electron chi connectivity index (χ3n) is 7.53. The average molecular weight is 499 g/mol. The molecule has 1 aromatic carbocycles. The molecule has 5 rings (SSSR count). The summed E-state index contributed by atoms with van der Waals surface area (Å²) in [4.78, 5) is 28.2. The van der Waals surface area contributed by atoms with Gasteiger partial charge in [0, 0.05) is 57.1 Å². The maximum absolute atomic E-state index is 13.1. The Morgan fingerprint density at radius 1 is 1.06 bits per heavy atom. The van der Waals surface area contributed by atoms with Crippen LogP contribution in [0.15, 0.2) is 47.6 Å². The third-order valence-corrected chi connectivity index (χ3v) is 8.60. The first kappa shape index (κ1) is 24.0. The molecule has 2 saturated heterocycles. The van der Waals surface area contributed by atoms with Gasteiger partial charge in [0.2, 0.25) is 5.95 Å². The molecule has 1 N–H and O–H groups in total. The van der Waals surface area contributed by atoms with Gasteiger partial charge in [0.15, 0.2) is 9.84 Å². The summed E-state index contributed by atoms with van der Waals surface area (Å²) in [6.07, 6.45) is 5.93. The number of aromatic nitrogens is 2. The second-order valence-electron chi connectivity index (χ2n) is 10.7. The van der Waals surface area contributed by atoms with Crippen molar-refractivity contribution in [3.63, 3.8) is 0 Å². The second-order valence-corrected chi connectivity index (χ2v) is 12.7. The number of rotatable bonds is 5. The Labute approximate surface area is 207 Å². The molecule has 2 aromatic rings. The van der Waals surface area contributed by atoms with Crippen molar-refractivity contribution in [1.82, 2.24) is 25.1 Å². The molecule has 35 heavy (non-hydrogen) atoms. The zero-order chi connectivity index (χ0) is 24.8. The first-order valence-electron chi connectivity index (χ1n) is 12.2. The topological polar surface area (TPSA) is 98.7 Å². The lowest BCUT2D eigenvalue weighted by molar-refractivity contribution is -0.0812. The van der Waals surface area contributed by atoms with Crippen LogP contribution in [0.3, 0.4) is 0 Å². The molecule has 2 aliphatic heterocycles. The highest BCUT2D eigenvalue weighted by molar-refractivity contribution is 7.90. The van der Waals surface area contributed by atoms with Crippen LogP contribution in [0.1, 0.15) is 32.3 Å². The van der Waals surface area contributed by atoms with E-state index in [1.54, 1.807) is 0 Å². The Morgan fingerprint density at radius 2 is 1.66 bits per heavy atom. The SMILES string of the molecule is C[C@@H]1CN(c2ncc(S(C)(=O)=O)cn2)C[C@H](C)N1C(=O)NC1CC2(C1)CN(Cc1ccccc1)C2. The second kappa shape index (κ2) is 9.05. The van der Waals surface area contributed by atoms with Gasteiger partial charge in [-0.2, -0.15) is 0 Å². The summed E-state index contributed by atoms with van der Waals surface area (Å²) in [7, 11) is -3.33. The van der Waals surface area contributed by atoms with E-state index in [9.17, 15) is 13.2 Å². The summed E-state index contributed by atoms with van der Waals surface area (Å²) in [6.45, 7) is 8.47. The van der Waals surface area contributed by atoms with Crippen LogP contribution >= 0.6 is 0 Å². The molecule has 3 fully saturated rings. The highest BCUT2D eigenvalue weighted by Gasteiger charge is 2.52. The van der Waals surface area contributed by atoms with Crippen LogP contribution in [0.5, 0.6) is 0 Å². The molecule has 1 aliphatic carbocycles. The number of hydrogen-bond donors (Lipinski definition) is 1. The Bertz CT molecular complexity index is 1150. The largest absolute Gasteiger partial charge is 0.337 e.